The van der Waals surface area contributed by atoms with Gasteiger partial charge in [0.05, 0.1) is 41.3 Å². The zero-order valence-electron chi connectivity index (χ0n) is 25.4. The van der Waals surface area contributed by atoms with Crippen LogP contribution in [0.25, 0.3) is 0 Å². The molecule has 0 aliphatic carbocycles. The van der Waals surface area contributed by atoms with Crippen LogP contribution < -0.4 is 28.4 Å². The Bertz CT molecular complexity index is 1790. The van der Waals surface area contributed by atoms with Crippen LogP contribution in [0, 0.1) is 0 Å². The molecule has 2 atom stereocenters. The third kappa shape index (κ3) is 6.23. The second-order valence-corrected chi connectivity index (χ2v) is 10.4. The molecule has 2 aliphatic rings. The fourth-order valence-electron chi connectivity index (χ4n) is 5.58. The molecule has 0 aromatic heterocycles. The zero-order valence-corrected chi connectivity index (χ0v) is 25.4. The highest BCUT2D eigenvalue weighted by molar-refractivity contribution is 5.80. The number of hydrogen-bond acceptors (Lipinski definition) is 12. The predicted molar refractivity (Wildman–Crippen MR) is 163 cm³/mol. The average molecular weight is 633 g/mol. The molecule has 46 heavy (non-hydrogen) atoms. The number of carbonyl (C=O) groups excluding carboxylic acids is 2. The standard InChI is InChI=1S/2C17H16O6/c1-21-10-6-13(19)17-11(8-16(20)23-15(17)7-10)9-3-4-12(18)14(5-9)22-2;1-21-13-5-9(3-4-12(13)19)11-8-16(20)23-15-7-10(18)6-14(22-2)17(11)15/h2*3-7,11,18-19H,8H2,1-2H3. The van der Waals surface area contributed by atoms with Crippen molar-refractivity contribution >= 4 is 11.9 Å². The monoisotopic (exact) mass is 632 g/mol. The molecule has 0 bridgehead atoms. The lowest BCUT2D eigenvalue weighted by Gasteiger charge is -2.27. The summed E-state index contributed by atoms with van der Waals surface area (Å²) in [4.78, 5) is 23.8. The summed E-state index contributed by atoms with van der Waals surface area (Å²) in [5.74, 6) is 0.458. The third-order valence-electron chi connectivity index (χ3n) is 7.74. The van der Waals surface area contributed by atoms with Gasteiger partial charge in [-0.05, 0) is 35.4 Å². The van der Waals surface area contributed by atoms with Gasteiger partial charge in [0.1, 0.15) is 34.5 Å². The molecule has 0 saturated heterocycles. The van der Waals surface area contributed by atoms with Gasteiger partial charge < -0.3 is 48.8 Å². The quantitative estimate of drug-likeness (QED) is 0.164. The van der Waals surface area contributed by atoms with Gasteiger partial charge in [0.25, 0.3) is 0 Å². The van der Waals surface area contributed by atoms with E-state index in [1.54, 1.807) is 30.3 Å². The Morgan fingerprint density at radius 3 is 1.57 bits per heavy atom. The minimum atomic E-state index is -0.401. The van der Waals surface area contributed by atoms with Gasteiger partial charge >= 0.3 is 11.9 Å². The van der Waals surface area contributed by atoms with Crippen LogP contribution in [0.3, 0.4) is 0 Å². The van der Waals surface area contributed by atoms with E-state index in [-0.39, 0.29) is 53.3 Å². The maximum atomic E-state index is 11.9. The molecule has 2 heterocycles. The van der Waals surface area contributed by atoms with Gasteiger partial charge in [0.2, 0.25) is 0 Å². The second-order valence-electron chi connectivity index (χ2n) is 10.4. The van der Waals surface area contributed by atoms with Gasteiger partial charge in [-0.25, -0.2) is 0 Å². The zero-order chi connectivity index (χ0) is 33.1. The Kier molecular flexibility index (Phi) is 8.99. The Morgan fingerprint density at radius 1 is 0.565 bits per heavy atom. The van der Waals surface area contributed by atoms with Crippen molar-refractivity contribution < 1.29 is 58.4 Å². The Morgan fingerprint density at radius 2 is 1.07 bits per heavy atom. The maximum Gasteiger partial charge on any atom is 0.312 e. The fraction of sp³-hybridized carbons (Fsp3) is 0.235. The summed E-state index contributed by atoms with van der Waals surface area (Å²) in [5.41, 5.74) is 2.70. The molecule has 12 heteroatoms. The highest BCUT2D eigenvalue weighted by Gasteiger charge is 2.34. The molecular formula is C34H32O12. The number of esters is 2. The van der Waals surface area contributed by atoms with E-state index in [1.807, 2.05) is 0 Å². The van der Waals surface area contributed by atoms with Crippen molar-refractivity contribution in [3.8, 4) is 57.5 Å². The first-order valence-corrected chi connectivity index (χ1v) is 14.0. The minimum absolute atomic E-state index is 0.00816. The summed E-state index contributed by atoms with van der Waals surface area (Å²) in [6, 6.07) is 15.6. The SMILES string of the molecule is COc1cc(C2CC(=O)Oc3cc(O)cc(OC)c32)ccc1O.COc1cc(O)c2c(c1)OC(=O)CC2c1ccc(O)c(OC)c1. The van der Waals surface area contributed by atoms with Crippen LogP contribution in [0.1, 0.15) is 46.9 Å². The number of benzene rings is 4. The summed E-state index contributed by atoms with van der Waals surface area (Å²) in [5, 5.41) is 39.5. The van der Waals surface area contributed by atoms with E-state index >= 15 is 0 Å². The Labute approximate surface area is 263 Å². The largest absolute Gasteiger partial charge is 0.508 e. The van der Waals surface area contributed by atoms with Gasteiger partial charge in [0.15, 0.2) is 23.0 Å². The molecular weight excluding hydrogens is 600 g/mol. The van der Waals surface area contributed by atoms with E-state index in [9.17, 15) is 30.0 Å². The Hall–Kier alpha value is -5.78. The second kappa shape index (κ2) is 13.1. The van der Waals surface area contributed by atoms with E-state index in [0.717, 1.165) is 11.1 Å². The van der Waals surface area contributed by atoms with Crippen molar-refractivity contribution in [3.05, 3.63) is 82.9 Å². The van der Waals surface area contributed by atoms with Gasteiger partial charge in [0, 0.05) is 47.2 Å². The van der Waals surface area contributed by atoms with Crippen molar-refractivity contribution in [1.82, 2.24) is 0 Å². The maximum absolute atomic E-state index is 11.9. The predicted octanol–water partition coefficient (Wildman–Crippen LogP) is 5.11. The lowest BCUT2D eigenvalue weighted by atomic mass is 9.85. The summed E-state index contributed by atoms with van der Waals surface area (Å²) in [6.45, 7) is 0. The van der Waals surface area contributed by atoms with Crippen LogP contribution in [0.4, 0.5) is 0 Å². The summed E-state index contributed by atoms with van der Waals surface area (Å²) >= 11 is 0. The molecule has 4 N–H and O–H groups in total. The molecule has 4 aromatic rings. The highest BCUT2D eigenvalue weighted by Crippen LogP contribution is 2.48. The highest BCUT2D eigenvalue weighted by atomic mass is 16.5. The van der Waals surface area contributed by atoms with Crippen LogP contribution >= 0.6 is 0 Å². The molecule has 12 nitrogen and oxygen atoms in total. The number of hydrogen-bond donors (Lipinski definition) is 4. The average Bonchev–Trinajstić information content (AvgIpc) is 3.03. The Balaban J connectivity index is 0.000000181. The van der Waals surface area contributed by atoms with E-state index in [1.165, 1.54) is 58.8 Å². The fourth-order valence-corrected chi connectivity index (χ4v) is 5.58. The summed E-state index contributed by atoms with van der Waals surface area (Å²) in [7, 11) is 5.86. The van der Waals surface area contributed by atoms with Crippen molar-refractivity contribution in [2.45, 2.75) is 24.7 Å². The molecule has 4 aromatic carbocycles. The van der Waals surface area contributed by atoms with E-state index in [2.05, 4.69) is 0 Å². The van der Waals surface area contributed by atoms with E-state index < -0.39 is 17.9 Å². The lowest BCUT2D eigenvalue weighted by molar-refractivity contribution is -0.136. The molecule has 0 radical (unpaired) electrons. The van der Waals surface area contributed by atoms with E-state index in [4.69, 9.17) is 28.4 Å². The number of aromatic hydroxyl groups is 4. The van der Waals surface area contributed by atoms with Gasteiger partial charge in [-0.1, -0.05) is 12.1 Å². The van der Waals surface area contributed by atoms with E-state index in [0.29, 0.717) is 34.1 Å². The smallest absolute Gasteiger partial charge is 0.312 e. The molecule has 0 fully saturated rings. The topological polar surface area (TPSA) is 170 Å². The lowest BCUT2D eigenvalue weighted by Crippen LogP contribution is -2.21. The summed E-state index contributed by atoms with van der Waals surface area (Å²) < 4.78 is 31.1. The van der Waals surface area contributed by atoms with Crippen LogP contribution in [0.15, 0.2) is 60.7 Å². The third-order valence-corrected chi connectivity index (χ3v) is 7.74. The minimum Gasteiger partial charge on any atom is -0.508 e. The molecule has 0 spiro atoms. The number of rotatable bonds is 6. The van der Waals surface area contributed by atoms with Gasteiger partial charge in [-0.3, -0.25) is 9.59 Å². The number of carbonyl (C=O) groups is 2. The van der Waals surface area contributed by atoms with Crippen LogP contribution in [-0.4, -0.2) is 60.8 Å². The number of fused-ring (bicyclic) bond motifs is 2. The van der Waals surface area contributed by atoms with Crippen molar-refractivity contribution in [1.29, 1.82) is 0 Å². The van der Waals surface area contributed by atoms with Crippen LogP contribution in [-0.2, 0) is 9.59 Å². The number of ether oxygens (including phenoxy) is 6. The molecule has 2 aliphatic heterocycles. The number of phenolic OH excluding ortho intramolecular Hbond substituents is 4. The van der Waals surface area contributed by atoms with Gasteiger partial charge in [-0.2, -0.15) is 0 Å². The summed E-state index contributed by atoms with van der Waals surface area (Å²) in [6.07, 6.45) is 0.211. The van der Waals surface area contributed by atoms with Gasteiger partial charge in [-0.15, -0.1) is 0 Å². The molecule has 2 unspecified atom stereocenters. The van der Waals surface area contributed by atoms with Crippen LogP contribution in [0.5, 0.6) is 57.5 Å². The first-order chi connectivity index (χ1) is 22.1. The molecule has 6 rings (SSSR count). The number of methoxy groups -OCH3 is 4. The molecule has 0 saturated carbocycles. The van der Waals surface area contributed by atoms with Crippen LogP contribution in [0.2, 0.25) is 0 Å². The first-order valence-electron chi connectivity index (χ1n) is 14.0. The normalized spacial score (nSPS) is 16.4. The van der Waals surface area contributed by atoms with Crippen molar-refractivity contribution in [3.63, 3.8) is 0 Å². The number of phenols is 4. The first kappa shape index (κ1) is 31.6. The molecule has 0 amide bonds. The molecule has 240 valence electrons. The van der Waals surface area contributed by atoms with Crippen molar-refractivity contribution in [2.75, 3.05) is 28.4 Å². The van der Waals surface area contributed by atoms with Crippen molar-refractivity contribution in [2.24, 2.45) is 0 Å².